The van der Waals surface area contributed by atoms with Gasteiger partial charge in [0, 0.05) is 36.5 Å². The van der Waals surface area contributed by atoms with Gasteiger partial charge >= 0.3 is 11.9 Å². The highest BCUT2D eigenvalue weighted by Gasteiger charge is 2.32. The quantitative estimate of drug-likeness (QED) is 0.0627. The Balaban J connectivity index is 2.26. The molecular weight excluding hydrogens is 548 g/mol. The minimum Gasteiger partial charge on any atom is -0.481 e. The molecule has 3 amide bonds. The average Bonchev–Trinajstić information content (AvgIpc) is 3.33. The highest BCUT2D eigenvalue weighted by atomic mass is 16.4. The first-order valence-corrected chi connectivity index (χ1v) is 13.5. The Morgan fingerprint density at radius 2 is 1.60 bits per heavy atom. The Hall–Kier alpha value is -4.66. The number of carboxylic acid groups (broad SMARTS) is 2. The normalized spacial score (nSPS) is 13.9. The first kappa shape index (κ1) is 33.5. The summed E-state index contributed by atoms with van der Waals surface area (Å²) in [7, 11) is 0. The molecule has 1 aromatic heterocycles. The van der Waals surface area contributed by atoms with E-state index in [1.807, 2.05) is 24.3 Å². The number of aromatic nitrogens is 1. The maximum Gasteiger partial charge on any atom is 0.326 e. The van der Waals surface area contributed by atoms with Crippen LogP contribution in [-0.4, -0.2) is 81.5 Å². The fraction of sp³-hybridized carbons (Fsp3) is 0.481. The first-order chi connectivity index (χ1) is 19.8. The molecule has 0 bridgehead atoms. The van der Waals surface area contributed by atoms with Crippen LogP contribution >= 0.6 is 0 Å². The summed E-state index contributed by atoms with van der Waals surface area (Å²) in [6.45, 7) is 3.53. The van der Waals surface area contributed by atoms with Gasteiger partial charge in [-0.1, -0.05) is 32.0 Å². The number of nitrogens with one attached hydrogen (secondary N) is 4. The first-order valence-electron chi connectivity index (χ1n) is 13.5. The molecule has 0 saturated carbocycles. The second-order valence-electron chi connectivity index (χ2n) is 10.2. The number of nitrogens with two attached hydrogens (primary N) is 3. The van der Waals surface area contributed by atoms with Crippen molar-refractivity contribution < 1.29 is 34.2 Å². The molecule has 15 nitrogen and oxygen atoms in total. The third kappa shape index (κ3) is 10.4. The van der Waals surface area contributed by atoms with E-state index < -0.39 is 59.7 Å². The Morgan fingerprint density at radius 1 is 0.929 bits per heavy atom. The summed E-state index contributed by atoms with van der Waals surface area (Å²) in [5.41, 5.74) is 17.9. The summed E-state index contributed by atoms with van der Waals surface area (Å²) in [6, 6.07) is 2.60. The molecule has 0 aliphatic heterocycles. The van der Waals surface area contributed by atoms with Crippen LogP contribution in [0.3, 0.4) is 0 Å². The fourth-order valence-electron chi connectivity index (χ4n) is 4.23. The van der Waals surface area contributed by atoms with E-state index in [0.717, 1.165) is 10.9 Å². The summed E-state index contributed by atoms with van der Waals surface area (Å²) in [5.74, 6) is -5.10. The van der Waals surface area contributed by atoms with Gasteiger partial charge in [-0.15, -0.1) is 0 Å². The summed E-state index contributed by atoms with van der Waals surface area (Å²) < 4.78 is 0. The minimum atomic E-state index is -1.28. The summed E-state index contributed by atoms with van der Waals surface area (Å²) in [4.78, 5) is 69.1. The van der Waals surface area contributed by atoms with Crippen molar-refractivity contribution in [2.45, 2.75) is 70.1 Å². The number of carbonyl (C=O) groups excluding carboxylic acids is 3. The van der Waals surface area contributed by atoms with Crippen LogP contribution in [0.2, 0.25) is 0 Å². The number of carboxylic acids is 2. The maximum absolute atomic E-state index is 13.4. The molecule has 2 rings (SSSR count). The number of carbonyl (C=O) groups is 5. The van der Waals surface area contributed by atoms with Crippen molar-refractivity contribution in [3.63, 3.8) is 0 Å². The van der Waals surface area contributed by atoms with Gasteiger partial charge in [0.05, 0.1) is 6.04 Å². The van der Waals surface area contributed by atoms with Gasteiger partial charge in [-0.25, -0.2) is 4.79 Å². The number of rotatable bonds is 17. The van der Waals surface area contributed by atoms with Crippen LogP contribution in [0, 0.1) is 5.92 Å². The van der Waals surface area contributed by atoms with Crippen LogP contribution < -0.4 is 33.2 Å². The highest BCUT2D eigenvalue weighted by Crippen LogP contribution is 2.19. The van der Waals surface area contributed by atoms with Gasteiger partial charge in [-0.2, -0.15) is 0 Å². The summed E-state index contributed by atoms with van der Waals surface area (Å²) in [5, 5.41) is 27.1. The van der Waals surface area contributed by atoms with E-state index in [9.17, 15) is 29.1 Å². The lowest BCUT2D eigenvalue weighted by Crippen LogP contribution is -2.58. The van der Waals surface area contributed by atoms with E-state index in [1.54, 1.807) is 20.0 Å². The number of hydrogen-bond donors (Lipinski definition) is 9. The molecule has 0 fully saturated rings. The second-order valence-corrected chi connectivity index (χ2v) is 10.2. The highest BCUT2D eigenvalue weighted by molar-refractivity contribution is 5.95. The molecule has 4 unspecified atom stereocenters. The number of para-hydroxylation sites is 1. The summed E-state index contributed by atoms with van der Waals surface area (Å²) >= 11 is 0. The van der Waals surface area contributed by atoms with Gasteiger partial charge in [0.25, 0.3) is 0 Å². The van der Waals surface area contributed by atoms with Gasteiger partial charge in [0.1, 0.15) is 18.1 Å². The van der Waals surface area contributed by atoms with Gasteiger partial charge < -0.3 is 48.3 Å². The molecule has 0 saturated heterocycles. The number of nitrogens with zero attached hydrogens (tertiary/aromatic N) is 1. The Bertz CT molecular complexity index is 1290. The number of guanidine groups is 1. The van der Waals surface area contributed by atoms with Crippen LogP contribution in [0.1, 0.15) is 45.1 Å². The van der Waals surface area contributed by atoms with Crippen molar-refractivity contribution >= 4 is 46.5 Å². The average molecular weight is 589 g/mol. The van der Waals surface area contributed by atoms with Crippen molar-refractivity contribution in [3.05, 3.63) is 36.0 Å². The van der Waals surface area contributed by atoms with Crippen molar-refractivity contribution in [2.24, 2.45) is 28.1 Å². The van der Waals surface area contributed by atoms with E-state index >= 15 is 0 Å². The van der Waals surface area contributed by atoms with E-state index in [1.165, 1.54) is 0 Å². The maximum atomic E-state index is 13.4. The Labute approximate surface area is 242 Å². The van der Waals surface area contributed by atoms with E-state index in [-0.39, 0.29) is 44.6 Å². The predicted octanol–water partition coefficient (Wildman–Crippen LogP) is -0.849. The van der Waals surface area contributed by atoms with Gasteiger partial charge in [-0.05, 0) is 36.8 Å². The molecule has 12 N–H and O–H groups in total. The zero-order chi connectivity index (χ0) is 31.4. The second kappa shape index (κ2) is 16.0. The molecule has 0 aliphatic rings. The molecule has 15 heteroatoms. The number of aliphatic carboxylic acids is 2. The number of aromatic amines is 1. The largest absolute Gasteiger partial charge is 0.481 e. The molecule has 0 radical (unpaired) electrons. The van der Waals surface area contributed by atoms with Crippen LogP contribution in [0.25, 0.3) is 10.9 Å². The fourth-order valence-corrected chi connectivity index (χ4v) is 4.23. The van der Waals surface area contributed by atoms with Crippen LogP contribution in [0.5, 0.6) is 0 Å². The Morgan fingerprint density at radius 3 is 2.21 bits per heavy atom. The Kier molecular flexibility index (Phi) is 12.7. The number of H-pyrrole nitrogens is 1. The minimum absolute atomic E-state index is 0.0127. The zero-order valence-electron chi connectivity index (χ0n) is 23.6. The molecule has 1 aromatic carbocycles. The van der Waals surface area contributed by atoms with Crippen molar-refractivity contribution in [1.29, 1.82) is 0 Å². The van der Waals surface area contributed by atoms with Gasteiger partial charge in [0.15, 0.2) is 5.96 Å². The predicted molar refractivity (Wildman–Crippen MR) is 155 cm³/mol. The van der Waals surface area contributed by atoms with Gasteiger partial charge in [0.2, 0.25) is 17.7 Å². The zero-order valence-corrected chi connectivity index (χ0v) is 23.6. The number of aliphatic imine (C=N–C) groups is 1. The lowest BCUT2D eigenvalue weighted by Gasteiger charge is -2.27. The third-order valence-corrected chi connectivity index (χ3v) is 6.54. The van der Waals surface area contributed by atoms with Gasteiger partial charge in [-0.3, -0.25) is 24.2 Å². The van der Waals surface area contributed by atoms with Crippen molar-refractivity contribution in [3.8, 4) is 0 Å². The van der Waals surface area contributed by atoms with Crippen LogP contribution in [0.4, 0.5) is 0 Å². The molecule has 42 heavy (non-hydrogen) atoms. The SMILES string of the molecule is CC(C)C(NC(=O)C(N)CCC(=O)O)C(=O)NC(Cc1c[nH]c2ccccc12)C(=O)NC(CCCN=C(N)N)C(=O)O. The van der Waals surface area contributed by atoms with E-state index in [4.69, 9.17) is 22.3 Å². The van der Waals surface area contributed by atoms with E-state index in [0.29, 0.717) is 5.56 Å². The van der Waals surface area contributed by atoms with Crippen molar-refractivity contribution in [2.75, 3.05) is 6.54 Å². The smallest absolute Gasteiger partial charge is 0.326 e. The lowest BCUT2D eigenvalue weighted by atomic mass is 9.99. The number of benzene rings is 1. The lowest BCUT2D eigenvalue weighted by molar-refractivity contribution is -0.142. The standard InChI is InChI=1S/C27H40N8O7/c1-14(2)22(35-23(38)17(28)9-10-21(36)37)25(40)34-20(12-15-13-32-18-7-4-3-6-16(15)18)24(39)33-19(26(41)42)8-5-11-31-27(29)30/h3-4,6-7,13-14,17,19-20,22,32H,5,8-12,28H2,1-2H3,(H,33,39)(H,34,40)(H,35,38)(H,36,37)(H,41,42)(H4,29,30,31). The molecule has 0 spiro atoms. The number of fused-ring (bicyclic) bond motifs is 1. The third-order valence-electron chi connectivity index (χ3n) is 6.54. The topological polar surface area (TPSA) is 268 Å². The summed E-state index contributed by atoms with van der Waals surface area (Å²) in [6.07, 6.45) is 1.57. The number of amides is 3. The molecule has 230 valence electrons. The van der Waals surface area contributed by atoms with Crippen molar-refractivity contribution in [1.82, 2.24) is 20.9 Å². The molecule has 0 aliphatic carbocycles. The molecule has 2 aromatic rings. The van der Waals surface area contributed by atoms with Crippen LogP contribution in [-0.2, 0) is 30.4 Å². The molecule has 4 atom stereocenters. The monoisotopic (exact) mass is 588 g/mol. The molecular formula is C27H40N8O7. The molecule has 1 heterocycles. The number of hydrogen-bond acceptors (Lipinski definition) is 7. The van der Waals surface area contributed by atoms with E-state index in [2.05, 4.69) is 25.9 Å². The van der Waals surface area contributed by atoms with Crippen LogP contribution in [0.15, 0.2) is 35.5 Å².